The molecule has 0 saturated carbocycles. The first-order chi connectivity index (χ1) is 33.7. The number of esters is 2. The van der Waals surface area contributed by atoms with Gasteiger partial charge in [0.2, 0.25) is 0 Å². The van der Waals surface area contributed by atoms with Crippen molar-refractivity contribution >= 4 is 115 Å². The Bertz CT molecular complexity index is 2640. The van der Waals surface area contributed by atoms with Crippen LogP contribution in [0.3, 0.4) is 0 Å². The van der Waals surface area contributed by atoms with Crippen molar-refractivity contribution in [1.82, 2.24) is 39.7 Å². The van der Waals surface area contributed by atoms with Gasteiger partial charge in [0.15, 0.2) is 10.3 Å². The number of thiazole rings is 2. The number of aromatic nitrogens is 6. The number of hydrogen-bond donors (Lipinski definition) is 4. The van der Waals surface area contributed by atoms with Crippen molar-refractivity contribution < 1.29 is 28.7 Å². The van der Waals surface area contributed by atoms with Gasteiger partial charge < -0.3 is 40.5 Å². The fraction of sp³-hybridized carbons (Fsp3) is 0.348. The number of piperazine rings is 2. The molecule has 6 aromatic rings. The Morgan fingerprint density at radius 3 is 1.37 bits per heavy atom. The number of benzene rings is 2. The van der Waals surface area contributed by atoms with Crippen LogP contribution in [-0.4, -0.2) is 142 Å². The smallest absolute Gasteiger partial charge is 0.417 e. The molecule has 2 aliphatic rings. The zero-order valence-electron chi connectivity index (χ0n) is 38.8. The highest BCUT2D eigenvalue weighted by molar-refractivity contribution is 7.18. The number of aryl methyl sites for hydroxylation is 4. The first-order valence-corrected chi connectivity index (χ1v) is 24.7. The van der Waals surface area contributed by atoms with Crippen molar-refractivity contribution in [3.05, 3.63) is 103 Å². The van der Waals surface area contributed by atoms with Gasteiger partial charge in [-0.2, -0.15) is 0 Å². The molecule has 0 radical (unpaired) electrons. The third-order valence-electron chi connectivity index (χ3n) is 11.3. The minimum Gasteiger partial charge on any atom is -0.456 e. The van der Waals surface area contributed by atoms with Crippen molar-refractivity contribution in [2.24, 2.45) is 0 Å². The quantitative estimate of drug-likeness (QED) is 0.0582. The van der Waals surface area contributed by atoms with E-state index in [0.29, 0.717) is 130 Å². The largest absolute Gasteiger partial charge is 0.456 e. The van der Waals surface area contributed by atoms with Gasteiger partial charge in [0, 0.05) is 77.6 Å². The second kappa shape index (κ2) is 22.9. The normalized spacial score (nSPS) is 14.3. The molecule has 366 valence electrons. The lowest BCUT2D eigenvalue weighted by molar-refractivity contribution is -0.168. The molecule has 0 spiro atoms. The van der Waals surface area contributed by atoms with Crippen molar-refractivity contribution in [3.8, 4) is 0 Å². The van der Waals surface area contributed by atoms with E-state index in [1.54, 1.807) is 12.1 Å². The van der Waals surface area contributed by atoms with Gasteiger partial charge in [-0.3, -0.25) is 19.4 Å². The Labute approximate surface area is 421 Å². The van der Waals surface area contributed by atoms with E-state index in [0.717, 1.165) is 22.8 Å². The van der Waals surface area contributed by atoms with Gasteiger partial charge >= 0.3 is 11.9 Å². The van der Waals surface area contributed by atoms with E-state index in [4.69, 9.17) is 32.7 Å². The molecule has 4 aromatic heterocycles. The van der Waals surface area contributed by atoms with Gasteiger partial charge in [-0.05, 0) is 51.0 Å². The average Bonchev–Trinajstić information content (AvgIpc) is 4.01. The maximum Gasteiger partial charge on any atom is 0.417 e. The number of anilines is 8. The summed E-state index contributed by atoms with van der Waals surface area (Å²) < 4.78 is 10.5. The van der Waals surface area contributed by atoms with Crippen LogP contribution in [0.15, 0.2) is 60.9 Å². The Balaban J connectivity index is 0.711. The van der Waals surface area contributed by atoms with Crippen molar-refractivity contribution in [1.29, 1.82) is 0 Å². The van der Waals surface area contributed by atoms with Crippen LogP contribution in [0.2, 0.25) is 10.0 Å². The second-order valence-corrected chi connectivity index (χ2v) is 19.2. The number of carbonyl (C=O) groups excluding carboxylic acids is 4. The van der Waals surface area contributed by atoms with Crippen LogP contribution < -0.4 is 31.1 Å². The van der Waals surface area contributed by atoms with Crippen molar-refractivity contribution in [3.63, 3.8) is 0 Å². The van der Waals surface area contributed by atoms with Gasteiger partial charge in [0.1, 0.15) is 57.9 Å². The summed E-state index contributed by atoms with van der Waals surface area (Å²) in [6.07, 6.45) is 3.01. The predicted molar refractivity (Wildman–Crippen MR) is 272 cm³/mol. The molecule has 70 heavy (non-hydrogen) atoms. The number of ether oxygens (including phenoxy) is 2. The summed E-state index contributed by atoms with van der Waals surface area (Å²) in [6.45, 7) is 13.8. The molecule has 0 bridgehead atoms. The third kappa shape index (κ3) is 13.0. The molecule has 0 unspecified atom stereocenters. The first kappa shape index (κ1) is 49.8. The third-order valence-corrected chi connectivity index (χ3v) is 13.8. The Hall–Kier alpha value is -6.56. The molecule has 24 heteroatoms. The molecule has 8 rings (SSSR count). The van der Waals surface area contributed by atoms with Gasteiger partial charge in [-0.15, -0.1) is 0 Å². The highest BCUT2D eigenvalue weighted by Crippen LogP contribution is 2.31. The van der Waals surface area contributed by atoms with E-state index in [-0.39, 0.29) is 25.0 Å². The van der Waals surface area contributed by atoms with E-state index in [2.05, 4.69) is 70.8 Å². The molecule has 0 atom stereocenters. The van der Waals surface area contributed by atoms with Crippen LogP contribution in [0.4, 0.5) is 44.9 Å². The summed E-state index contributed by atoms with van der Waals surface area (Å²) in [5, 5.41) is 14.1. The number of amides is 2. The van der Waals surface area contributed by atoms with Gasteiger partial charge in [0.25, 0.3) is 11.8 Å². The van der Waals surface area contributed by atoms with E-state index < -0.39 is 11.9 Å². The lowest BCUT2D eigenvalue weighted by Crippen LogP contribution is -2.48. The molecule has 6 heterocycles. The summed E-state index contributed by atoms with van der Waals surface area (Å²) in [5.41, 5.74) is 2.83. The molecule has 2 aliphatic heterocycles. The Morgan fingerprint density at radius 1 is 0.586 bits per heavy atom. The van der Waals surface area contributed by atoms with E-state index >= 15 is 0 Å². The monoisotopic (exact) mass is 1030 g/mol. The molecule has 20 nitrogen and oxygen atoms in total. The summed E-state index contributed by atoms with van der Waals surface area (Å²) >= 11 is 15.0. The maximum absolute atomic E-state index is 12.9. The number of halogens is 2. The van der Waals surface area contributed by atoms with E-state index in [1.807, 2.05) is 64.1 Å². The molecule has 4 N–H and O–H groups in total. The predicted octanol–water partition coefficient (Wildman–Crippen LogP) is 6.74. The van der Waals surface area contributed by atoms with Crippen LogP contribution in [0.5, 0.6) is 0 Å². The van der Waals surface area contributed by atoms with E-state index in [9.17, 15) is 19.2 Å². The summed E-state index contributed by atoms with van der Waals surface area (Å²) in [7, 11) is 0. The molecule has 0 aliphatic carbocycles. The molecular weight excluding hydrogens is 980 g/mol. The molecule has 2 amide bonds. The van der Waals surface area contributed by atoms with Crippen LogP contribution in [0.1, 0.15) is 42.1 Å². The summed E-state index contributed by atoms with van der Waals surface area (Å²) in [4.78, 5) is 87.4. The average molecular weight is 1030 g/mol. The van der Waals surface area contributed by atoms with Crippen LogP contribution in [0, 0.1) is 27.7 Å². The lowest BCUT2D eigenvalue weighted by Gasteiger charge is -2.35. The molecule has 2 saturated heterocycles. The Kier molecular flexibility index (Phi) is 16.3. The number of para-hydroxylation sites is 2. The standard InChI is InChI=1S/C46H50Cl2N14O6S2/c1-27-7-5-9-31(47)39(27)57-41(63)33-25-49-45(69-33)55-35-23-37(53-29(3)51-35)61-15-11-59(12-16-61)19-21-67-43(65)44(66)68-22-20-60-13-17-62(18-14-60)38-24-36(52-30(4)54-38)56-46-50-26-34(70-46)42(64)58-40-28(2)8-6-10-32(40)48/h5-10,23-26H,11-22H2,1-4H3,(H,57,63)(H,58,64)(H,49,51,53,55)(H,50,52,54,56). The van der Waals surface area contributed by atoms with Crippen molar-refractivity contribution in [2.75, 3.05) is 110 Å². The van der Waals surface area contributed by atoms with Gasteiger partial charge in [-0.25, -0.2) is 39.5 Å². The minimum atomic E-state index is -1.02. The summed E-state index contributed by atoms with van der Waals surface area (Å²) in [5.74, 6) is 1.08. The number of nitrogens with one attached hydrogen (secondary N) is 4. The van der Waals surface area contributed by atoms with Crippen LogP contribution >= 0.6 is 45.9 Å². The molecular formula is C46H50Cl2N14O6S2. The lowest BCUT2D eigenvalue weighted by atomic mass is 10.2. The van der Waals surface area contributed by atoms with Crippen LogP contribution in [0.25, 0.3) is 0 Å². The number of rotatable bonds is 16. The van der Waals surface area contributed by atoms with Gasteiger partial charge in [0.05, 0.1) is 33.8 Å². The second-order valence-electron chi connectivity index (χ2n) is 16.3. The van der Waals surface area contributed by atoms with Crippen molar-refractivity contribution in [2.45, 2.75) is 27.7 Å². The number of nitrogens with zero attached hydrogens (tertiary/aromatic N) is 10. The SMILES string of the molecule is Cc1nc(Nc2ncc(C(=O)Nc3c(C)cccc3Cl)s2)cc(N2CCN(CCOC(=O)C(=O)OCCN3CCN(c4cc(Nc5ncc(C(=O)Nc6c(C)cccc6Cl)s5)nc(C)n4)CC3)CC2)n1. The fourth-order valence-corrected chi connectivity index (χ4v) is 9.61. The maximum atomic E-state index is 12.9. The highest BCUT2D eigenvalue weighted by Gasteiger charge is 2.24. The Morgan fingerprint density at radius 2 is 0.986 bits per heavy atom. The minimum absolute atomic E-state index is 0.0500. The zero-order valence-corrected chi connectivity index (χ0v) is 41.9. The van der Waals surface area contributed by atoms with Crippen LogP contribution in [-0.2, 0) is 19.1 Å². The summed E-state index contributed by atoms with van der Waals surface area (Å²) in [6, 6.07) is 14.5. The fourth-order valence-electron chi connectivity index (χ4n) is 7.63. The number of carbonyl (C=O) groups is 4. The molecule has 2 aromatic carbocycles. The topological polar surface area (TPSA) is 225 Å². The highest BCUT2D eigenvalue weighted by atomic mass is 35.5. The van der Waals surface area contributed by atoms with E-state index in [1.165, 1.54) is 35.1 Å². The first-order valence-electron chi connectivity index (χ1n) is 22.3. The zero-order chi connectivity index (χ0) is 49.3. The number of hydrogen-bond acceptors (Lipinski definition) is 20. The molecule has 2 fully saturated rings. The van der Waals surface area contributed by atoms with Gasteiger partial charge in [-0.1, -0.05) is 70.1 Å².